The third-order valence-electron chi connectivity index (χ3n) is 2.30. The van der Waals surface area contributed by atoms with Gasteiger partial charge in [-0.3, -0.25) is 4.52 Å². The van der Waals surface area contributed by atoms with Gasteiger partial charge in [-0.1, -0.05) is 46.0 Å². The Hall–Kier alpha value is 1.11. The van der Waals surface area contributed by atoms with Gasteiger partial charge in [-0.15, -0.1) is 0 Å². The first kappa shape index (κ1) is 19.4. The first-order chi connectivity index (χ1) is 6.99. The summed E-state index contributed by atoms with van der Waals surface area (Å²) in [7, 11) is -4.31. The van der Waals surface area contributed by atoms with Crippen LogP contribution in [0.15, 0.2) is 0 Å². The molecule has 0 saturated heterocycles. The van der Waals surface area contributed by atoms with Crippen molar-refractivity contribution in [3.8, 4) is 0 Å². The summed E-state index contributed by atoms with van der Waals surface area (Å²) >= 11 is 0. The van der Waals surface area contributed by atoms with Gasteiger partial charge in [-0.05, 0) is 12.8 Å². The zero-order valence-electron chi connectivity index (χ0n) is 9.69. The SMILES string of the molecule is CCCCCC(CCCC)OP(=O)(O)O.[NaH]. The number of phosphoric acid groups is 1. The third-order valence-corrected chi connectivity index (χ3v) is 2.87. The van der Waals surface area contributed by atoms with Gasteiger partial charge < -0.3 is 9.79 Å². The molecule has 0 aliphatic heterocycles. The average molecular weight is 262 g/mol. The van der Waals surface area contributed by atoms with Gasteiger partial charge in [-0.25, -0.2) is 4.57 Å². The first-order valence-corrected chi connectivity index (χ1v) is 7.26. The van der Waals surface area contributed by atoms with Crippen LogP contribution < -0.4 is 0 Å². The molecule has 16 heavy (non-hydrogen) atoms. The van der Waals surface area contributed by atoms with Crippen LogP contribution in [0.25, 0.3) is 0 Å². The molecule has 4 nitrogen and oxygen atoms in total. The monoisotopic (exact) mass is 262 g/mol. The van der Waals surface area contributed by atoms with Gasteiger partial charge >= 0.3 is 37.4 Å². The fourth-order valence-electron chi connectivity index (χ4n) is 1.50. The predicted molar refractivity (Wildman–Crippen MR) is 67.7 cm³/mol. The summed E-state index contributed by atoms with van der Waals surface area (Å²) in [4.78, 5) is 17.5. The van der Waals surface area contributed by atoms with E-state index in [1.165, 1.54) is 0 Å². The van der Waals surface area contributed by atoms with Crippen molar-refractivity contribution in [2.45, 2.75) is 64.9 Å². The number of hydrogen-bond donors (Lipinski definition) is 2. The van der Waals surface area contributed by atoms with Gasteiger partial charge in [-0.2, -0.15) is 0 Å². The summed E-state index contributed by atoms with van der Waals surface area (Å²) < 4.78 is 15.5. The molecule has 0 bridgehead atoms. The molecule has 1 atom stereocenters. The van der Waals surface area contributed by atoms with E-state index in [-0.39, 0.29) is 35.7 Å². The number of unbranched alkanes of at least 4 members (excludes halogenated alkanes) is 3. The van der Waals surface area contributed by atoms with Crippen LogP contribution in [0.5, 0.6) is 0 Å². The van der Waals surface area contributed by atoms with Crippen LogP contribution in [-0.2, 0) is 9.09 Å². The van der Waals surface area contributed by atoms with E-state index in [0.29, 0.717) is 0 Å². The van der Waals surface area contributed by atoms with Crippen LogP contribution in [-0.4, -0.2) is 45.4 Å². The van der Waals surface area contributed by atoms with Crippen LogP contribution in [0.2, 0.25) is 0 Å². The maximum atomic E-state index is 10.7. The van der Waals surface area contributed by atoms with Crippen LogP contribution in [0.3, 0.4) is 0 Å². The molecule has 6 heteroatoms. The van der Waals surface area contributed by atoms with Crippen LogP contribution >= 0.6 is 7.82 Å². The fraction of sp³-hybridized carbons (Fsp3) is 1.00. The van der Waals surface area contributed by atoms with E-state index < -0.39 is 7.82 Å². The molecule has 0 spiro atoms. The van der Waals surface area contributed by atoms with Crippen molar-refractivity contribution in [2.75, 3.05) is 0 Å². The van der Waals surface area contributed by atoms with E-state index in [0.717, 1.165) is 44.9 Å². The molecule has 0 rings (SSSR count). The van der Waals surface area contributed by atoms with Gasteiger partial charge in [0.2, 0.25) is 0 Å². The molecule has 0 aliphatic carbocycles. The van der Waals surface area contributed by atoms with Gasteiger partial charge in [0.05, 0.1) is 6.10 Å². The van der Waals surface area contributed by atoms with Gasteiger partial charge in [0, 0.05) is 0 Å². The molecule has 94 valence electrons. The quantitative estimate of drug-likeness (QED) is 0.381. The Morgan fingerprint density at radius 3 is 2.00 bits per heavy atom. The summed E-state index contributed by atoms with van der Waals surface area (Å²) in [5.74, 6) is 0. The van der Waals surface area contributed by atoms with E-state index in [1.807, 2.05) is 0 Å². The average Bonchev–Trinajstić information content (AvgIpc) is 2.12. The normalized spacial score (nSPS) is 13.2. The first-order valence-electron chi connectivity index (χ1n) is 5.73. The topological polar surface area (TPSA) is 66.8 Å². The predicted octanol–water partition coefficient (Wildman–Crippen LogP) is 2.59. The second kappa shape index (κ2) is 11.2. The Morgan fingerprint density at radius 2 is 1.56 bits per heavy atom. The number of phosphoric ester groups is 1. The molecule has 0 aromatic rings. The Morgan fingerprint density at radius 1 is 1.06 bits per heavy atom. The second-order valence-electron chi connectivity index (χ2n) is 3.86. The molecule has 0 aliphatic rings. The minimum atomic E-state index is -4.31. The Labute approximate surface area is 121 Å². The molecule has 0 radical (unpaired) electrons. The van der Waals surface area contributed by atoms with Crippen LogP contribution in [0, 0.1) is 0 Å². The van der Waals surface area contributed by atoms with E-state index in [4.69, 9.17) is 14.3 Å². The zero-order valence-corrected chi connectivity index (χ0v) is 10.6. The van der Waals surface area contributed by atoms with Crippen molar-refractivity contribution < 1.29 is 18.9 Å². The minimum absolute atomic E-state index is 0. The van der Waals surface area contributed by atoms with Crippen LogP contribution in [0.4, 0.5) is 0 Å². The van der Waals surface area contributed by atoms with Crippen molar-refractivity contribution in [1.82, 2.24) is 0 Å². The summed E-state index contributed by atoms with van der Waals surface area (Å²) in [5.41, 5.74) is 0. The standard InChI is InChI=1S/C10H23O4P.Na.H/c1-3-5-7-9-10(8-6-4-2)14-15(11,12)13;;/h10H,3-9H2,1-2H3,(H2,11,12,13);;. The van der Waals surface area contributed by atoms with E-state index in [2.05, 4.69) is 13.8 Å². The molecule has 0 heterocycles. The molecule has 0 amide bonds. The summed E-state index contributed by atoms with van der Waals surface area (Å²) in [6.07, 6.45) is 6.36. The third kappa shape index (κ3) is 13.2. The summed E-state index contributed by atoms with van der Waals surface area (Å²) in [6, 6.07) is 0. The van der Waals surface area contributed by atoms with Crippen molar-refractivity contribution in [2.24, 2.45) is 0 Å². The van der Waals surface area contributed by atoms with Crippen molar-refractivity contribution in [1.29, 1.82) is 0 Å². The molecule has 0 aromatic heterocycles. The Balaban J connectivity index is 0. The Bertz CT molecular complexity index is 195. The van der Waals surface area contributed by atoms with E-state index in [1.54, 1.807) is 0 Å². The maximum absolute atomic E-state index is 10.7. The molecule has 0 saturated carbocycles. The molecule has 0 aromatic carbocycles. The van der Waals surface area contributed by atoms with E-state index >= 15 is 0 Å². The molecule has 0 fully saturated rings. The summed E-state index contributed by atoms with van der Waals surface area (Å²) in [6.45, 7) is 4.16. The molecular formula is C10H24NaO4P. The zero-order chi connectivity index (χ0) is 11.7. The van der Waals surface area contributed by atoms with Crippen molar-refractivity contribution in [3.63, 3.8) is 0 Å². The van der Waals surface area contributed by atoms with Gasteiger partial charge in [0.1, 0.15) is 0 Å². The summed E-state index contributed by atoms with van der Waals surface area (Å²) in [5, 5.41) is 0. The number of hydrogen-bond acceptors (Lipinski definition) is 2. The molecule has 2 N–H and O–H groups in total. The van der Waals surface area contributed by atoms with Crippen molar-refractivity contribution >= 4 is 37.4 Å². The Kier molecular flexibility index (Phi) is 13.6. The molecular weight excluding hydrogens is 238 g/mol. The van der Waals surface area contributed by atoms with Crippen molar-refractivity contribution in [3.05, 3.63) is 0 Å². The molecule has 1 unspecified atom stereocenters. The second-order valence-corrected chi connectivity index (χ2v) is 5.05. The van der Waals surface area contributed by atoms with Gasteiger partial charge in [0.15, 0.2) is 0 Å². The van der Waals surface area contributed by atoms with Crippen LogP contribution in [0.1, 0.15) is 58.8 Å². The number of rotatable bonds is 9. The van der Waals surface area contributed by atoms with E-state index in [9.17, 15) is 4.57 Å². The van der Waals surface area contributed by atoms with Gasteiger partial charge in [0.25, 0.3) is 0 Å². The fourth-order valence-corrected chi connectivity index (χ4v) is 2.10.